The molecule has 0 aromatic carbocycles. The van der Waals surface area contributed by atoms with Gasteiger partial charge in [-0.1, -0.05) is 0 Å². The van der Waals surface area contributed by atoms with Gasteiger partial charge in [-0.05, 0) is 0 Å². The van der Waals surface area contributed by atoms with Gasteiger partial charge in [0.25, 0.3) is 5.97 Å². The number of halogens is 1. The zero-order valence-corrected chi connectivity index (χ0v) is 3.58. The SMILES string of the molecule is CC(=O)O.Cl.[LiH]. The van der Waals surface area contributed by atoms with Crippen LogP contribution in [0.3, 0.4) is 0 Å². The van der Waals surface area contributed by atoms with E-state index in [4.69, 9.17) is 9.90 Å². The van der Waals surface area contributed by atoms with Crippen molar-refractivity contribution in [1.82, 2.24) is 0 Å². The van der Waals surface area contributed by atoms with Crippen LogP contribution in [0, 0.1) is 0 Å². The van der Waals surface area contributed by atoms with Crippen LogP contribution in [0.25, 0.3) is 0 Å². The van der Waals surface area contributed by atoms with Crippen LogP contribution in [0.5, 0.6) is 0 Å². The Hall–Kier alpha value is 0.357. The van der Waals surface area contributed by atoms with E-state index in [0.717, 1.165) is 6.92 Å². The van der Waals surface area contributed by atoms with E-state index in [-0.39, 0.29) is 31.3 Å². The molecule has 1 N–H and O–H groups in total. The second-order valence-electron chi connectivity index (χ2n) is 0.519. The third kappa shape index (κ3) is 385. The molecule has 0 amide bonds. The fraction of sp³-hybridized carbons (Fsp3) is 0.500. The summed E-state index contributed by atoms with van der Waals surface area (Å²) in [5.74, 6) is -0.833. The van der Waals surface area contributed by atoms with Crippen molar-refractivity contribution in [3.63, 3.8) is 0 Å². The van der Waals surface area contributed by atoms with E-state index >= 15 is 0 Å². The molecule has 0 unspecified atom stereocenters. The Morgan fingerprint density at radius 2 is 1.67 bits per heavy atom. The first-order valence-corrected chi connectivity index (χ1v) is 0.928. The third-order valence-corrected chi connectivity index (χ3v) is 0. The number of aliphatic carboxylic acids is 1. The summed E-state index contributed by atoms with van der Waals surface area (Å²) in [6, 6.07) is 0. The molecule has 0 bridgehead atoms. The van der Waals surface area contributed by atoms with Gasteiger partial charge in [0.05, 0.1) is 0 Å². The summed E-state index contributed by atoms with van der Waals surface area (Å²) < 4.78 is 0. The zero-order valence-electron chi connectivity index (χ0n) is 2.76. The summed E-state index contributed by atoms with van der Waals surface area (Å²) in [5, 5.41) is 7.42. The maximum atomic E-state index is 9.00. The molecule has 34 valence electrons. The number of rotatable bonds is 0. The van der Waals surface area contributed by atoms with Gasteiger partial charge >= 0.3 is 18.9 Å². The predicted molar refractivity (Wildman–Crippen MR) is 27.7 cm³/mol. The van der Waals surface area contributed by atoms with E-state index in [0.29, 0.717) is 0 Å². The van der Waals surface area contributed by atoms with Crippen molar-refractivity contribution < 1.29 is 9.90 Å². The molecule has 0 spiro atoms. The van der Waals surface area contributed by atoms with E-state index in [1.54, 1.807) is 0 Å². The molecule has 0 saturated heterocycles. The number of hydrogen-bond acceptors (Lipinski definition) is 1. The minimum atomic E-state index is -0.833. The van der Waals surface area contributed by atoms with Gasteiger partial charge in [-0.2, -0.15) is 0 Å². The van der Waals surface area contributed by atoms with Gasteiger partial charge in [0.1, 0.15) is 0 Å². The van der Waals surface area contributed by atoms with E-state index in [9.17, 15) is 0 Å². The maximum absolute atomic E-state index is 9.00. The topological polar surface area (TPSA) is 37.3 Å². The molecule has 2 nitrogen and oxygen atoms in total. The van der Waals surface area contributed by atoms with E-state index in [2.05, 4.69) is 0 Å². The Bertz CT molecular complexity index is 34.5. The average Bonchev–Trinajstić information content (AvgIpc) is 0.811. The first kappa shape index (κ1) is 16.2. The molecule has 0 rings (SSSR count). The second-order valence-corrected chi connectivity index (χ2v) is 0.519. The van der Waals surface area contributed by atoms with E-state index < -0.39 is 5.97 Å². The molecule has 0 aliphatic carbocycles. The fourth-order valence-electron chi connectivity index (χ4n) is 0. The Morgan fingerprint density at radius 1 is 1.67 bits per heavy atom. The van der Waals surface area contributed by atoms with Gasteiger partial charge in [0, 0.05) is 6.92 Å². The number of hydrogen-bond donors (Lipinski definition) is 1. The molecule has 0 heterocycles. The summed E-state index contributed by atoms with van der Waals surface area (Å²) in [7, 11) is 0. The predicted octanol–water partition coefficient (Wildman–Crippen LogP) is -0.136. The van der Waals surface area contributed by atoms with E-state index in [1.807, 2.05) is 0 Å². The molecule has 4 heteroatoms. The van der Waals surface area contributed by atoms with Crippen molar-refractivity contribution in [3.05, 3.63) is 0 Å². The van der Waals surface area contributed by atoms with Crippen molar-refractivity contribution in [3.8, 4) is 0 Å². The molecular formula is C2H6ClLiO2. The van der Waals surface area contributed by atoms with Crippen LogP contribution >= 0.6 is 12.4 Å². The van der Waals surface area contributed by atoms with Crippen LogP contribution in [0.1, 0.15) is 6.92 Å². The van der Waals surface area contributed by atoms with Gasteiger partial charge in [0.2, 0.25) is 0 Å². The Morgan fingerprint density at radius 3 is 1.67 bits per heavy atom. The molecule has 0 aromatic rings. The molecule has 0 radical (unpaired) electrons. The molecule has 0 aliphatic heterocycles. The minimum absolute atomic E-state index is 0. The Labute approximate surface area is 54.5 Å². The van der Waals surface area contributed by atoms with Crippen molar-refractivity contribution in [2.24, 2.45) is 0 Å². The first-order chi connectivity index (χ1) is 1.73. The van der Waals surface area contributed by atoms with Crippen molar-refractivity contribution >= 4 is 37.2 Å². The summed E-state index contributed by atoms with van der Waals surface area (Å²) >= 11 is 0. The van der Waals surface area contributed by atoms with Crippen LogP contribution in [0.4, 0.5) is 0 Å². The zero-order chi connectivity index (χ0) is 3.58. The van der Waals surface area contributed by atoms with Gasteiger partial charge < -0.3 is 5.11 Å². The molecule has 0 fully saturated rings. The first-order valence-electron chi connectivity index (χ1n) is 0.928. The van der Waals surface area contributed by atoms with Gasteiger partial charge in [0.15, 0.2) is 0 Å². The molecule has 0 saturated carbocycles. The quantitative estimate of drug-likeness (QED) is 0.435. The number of carboxylic acids is 1. The molecule has 6 heavy (non-hydrogen) atoms. The molecule has 0 aliphatic rings. The Kier molecular flexibility index (Phi) is 24.3. The monoisotopic (exact) mass is 104 g/mol. The van der Waals surface area contributed by atoms with Crippen molar-refractivity contribution in [2.75, 3.05) is 0 Å². The summed E-state index contributed by atoms with van der Waals surface area (Å²) in [6.07, 6.45) is 0. The van der Waals surface area contributed by atoms with Crippen LogP contribution < -0.4 is 0 Å². The van der Waals surface area contributed by atoms with Crippen LogP contribution in [-0.2, 0) is 4.79 Å². The third-order valence-electron chi connectivity index (χ3n) is 0. The Balaban J connectivity index is -0.0000000450. The van der Waals surface area contributed by atoms with Crippen LogP contribution in [0.15, 0.2) is 0 Å². The van der Waals surface area contributed by atoms with Crippen LogP contribution in [-0.4, -0.2) is 29.9 Å². The van der Waals surface area contributed by atoms with Crippen LogP contribution in [0.2, 0.25) is 0 Å². The van der Waals surface area contributed by atoms with E-state index in [1.165, 1.54) is 0 Å². The number of carboxylic acid groups (broad SMARTS) is 1. The molecule has 0 aromatic heterocycles. The number of carbonyl (C=O) groups is 1. The van der Waals surface area contributed by atoms with Gasteiger partial charge in [-0.3, -0.25) is 4.79 Å². The second kappa shape index (κ2) is 9.02. The van der Waals surface area contributed by atoms with Gasteiger partial charge in [-0.15, -0.1) is 12.4 Å². The molecule has 0 atom stereocenters. The standard InChI is InChI=1S/C2H4O2.ClH.Li.H/c1-2(3)4;;;/h1H3,(H,3,4);1H;;. The summed E-state index contributed by atoms with van der Waals surface area (Å²) in [4.78, 5) is 9.00. The summed E-state index contributed by atoms with van der Waals surface area (Å²) in [6.45, 7) is 1.08. The molecular weight excluding hydrogens is 98.4 g/mol. The fourth-order valence-corrected chi connectivity index (χ4v) is 0. The normalized spacial score (nSPS) is 4.17. The van der Waals surface area contributed by atoms with Crippen molar-refractivity contribution in [1.29, 1.82) is 0 Å². The van der Waals surface area contributed by atoms with Crippen molar-refractivity contribution in [2.45, 2.75) is 6.92 Å². The average molecular weight is 104 g/mol. The summed E-state index contributed by atoms with van der Waals surface area (Å²) in [5.41, 5.74) is 0. The van der Waals surface area contributed by atoms with Gasteiger partial charge in [-0.25, -0.2) is 0 Å².